The third-order valence-corrected chi connectivity index (χ3v) is 5.47. The van der Waals surface area contributed by atoms with Crippen molar-refractivity contribution < 1.29 is 17.7 Å². The van der Waals surface area contributed by atoms with Crippen molar-refractivity contribution in [1.82, 2.24) is 14.8 Å². The number of rotatable bonds is 7. The van der Waals surface area contributed by atoms with E-state index in [2.05, 4.69) is 9.88 Å². The van der Waals surface area contributed by atoms with E-state index in [9.17, 15) is 8.42 Å². The molecule has 0 saturated carbocycles. The zero-order valence-corrected chi connectivity index (χ0v) is 15.3. The van der Waals surface area contributed by atoms with Crippen LogP contribution < -0.4 is 9.46 Å². The van der Waals surface area contributed by atoms with Gasteiger partial charge in [0.25, 0.3) is 0 Å². The SMILES string of the molecule is COc1cccc(C(CNS(=O)(=O)c2c(C)noc2C)N(C)C)c1. The van der Waals surface area contributed by atoms with Crippen LogP contribution in [-0.4, -0.2) is 46.2 Å². The first-order chi connectivity index (χ1) is 11.3. The van der Waals surface area contributed by atoms with Gasteiger partial charge < -0.3 is 14.2 Å². The minimum absolute atomic E-state index is 0.102. The van der Waals surface area contributed by atoms with Crippen molar-refractivity contribution in [2.24, 2.45) is 0 Å². The fraction of sp³-hybridized carbons (Fsp3) is 0.438. The van der Waals surface area contributed by atoms with Gasteiger partial charge in [0.1, 0.15) is 16.3 Å². The van der Waals surface area contributed by atoms with Gasteiger partial charge in [-0.2, -0.15) is 0 Å². The average molecular weight is 353 g/mol. The van der Waals surface area contributed by atoms with Crippen LogP contribution in [0.4, 0.5) is 0 Å². The van der Waals surface area contributed by atoms with Crippen LogP contribution in [0.15, 0.2) is 33.7 Å². The van der Waals surface area contributed by atoms with Crippen LogP contribution in [0, 0.1) is 13.8 Å². The van der Waals surface area contributed by atoms with Crippen LogP contribution in [-0.2, 0) is 10.0 Å². The molecule has 1 aromatic heterocycles. The molecule has 0 radical (unpaired) electrons. The molecule has 132 valence electrons. The van der Waals surface area contributed by atoms with Crippen molar-refractivity contribution in [2.75, 3.05) is 27.7 Å². The van der Waals surface area contributed by atoms with E-state index < -0.39 is 10.0 Å². The number of hydrogen-bond acceptors (Lipinski definition) is 6. The number of methoxy groups -OCH3 is 1. The van der Waals surface area contributed by atoms with E-state index in [-0.39, 0.29) is 23.2 Å². The average Bonchev–Trinajstić information content (AvgIpc) is 2.87. The van der Waals surface area contributed by atoms with Crippen molar-refractivity contribution in [3.8, 4) is 5.75 Å². The van der Waals surface area contributed by atoms with E-state index in [1.165, 1.54) is 0 Å². The molecule has 7 nitrogen and oxygen atoms in total. The highest BCUT2D eigenvalue weighted by molar-refractivity contribution is 7.89. The van der Waals surface area contributed by atoms with Crippen LogP contribution in [0.25, 0.3) is 0 Å². The van der Waals surface area contributed by atoms with Gasteiger partial charge in [-0.15, -0.1) is 0 Å². The Kier molecular flexibility index (Phi) is 5.63. The third-order valence-electron chi connectivity index (χ3n) is 3.81. The number of ether oxygens (including phenoxy) is 1. The second kappa shape index (κ2) is 7.33. The van der Waals surface area contributed by atoms with Crippen molar-refractivity contribution in [2.45, 2.75) is 24.8 Å². The molecule has 0 bridgehead atoms. The van der Waals surface area contributed by atoms with Gasteiger partial charge >= 0.3 is 0 Å². The molecule has 1 atom stereocenters. The predicted molar refractivity (Wildman–Crippen MR) is 90.6 cm³/mol. The highest BCUT2D eigenvalue weighted by Crippen LogP contribution is 2.24. The summed E-state index contributed by atoms with van der Waals surface area (Å²) in [5, 5.41) is 3.70. The van der Waals surface area contributed by atoms with Crippen LogP contribution in [0.5, 0.6) is 5.75 Å². The summed E-state index contributed by atoms with van der Waals surface area (Å²) in [4.78, 5) is 2.05. The summed E-state index contributed by atoms with van der Waals surface area (Å²) in [5.74, 6) is 1.01. The summed E-state index contributed by atoms with van der Waals surface area (Å²) in [6.07, 6.45) is 0. The number of nitrogens with zero attached hydrogens (tertiary/aromatic N) is 2. The highest BCUT2D eigenvalue weighted by atomic mass is 32.2. The smallest absolute Gasteiger partial charge is 0.246 e. The molecule has 0 aliphatic rings. The van der Waals surface area contributed by atoms with Gasteiger partial charge in [0.15, 0.2) is 5.76 Å². The van der Waals surface area contributed by atoms with Gasteiger partial charge in [-0.1, -0.05) is 17.3 Å². The van der Waals surface area contributed by atoms with E-state index in [1.807, 2.05) is 43.3 Å². The molecule has 0 amide bonds. The number of sulfonamides is 1. The maximum Gasteiger partial charge on any atom is 0.246 e. The van der Waals surface area contributed by atoms with E-state index in [1.54, 1.807) is 21.0 Å². The number of hydrogen-bond donors (Lipinski definition) is 1. The quantitative estimate of drug-likeness (QED) is 0.818. The first-order valence-electron chi connectivity index (χ1n) is 7.49. The highest BCUT2D eigenvalue weighted by Gasteiger charge is 2.26. The Labute approximate surface area is 142 Å². The lowest BCUT2D eigenvalue weighted by Crippen LogP contribution is -2.34. The number of likely N-dealkylation sites (N-methyl/N-ethyl adjacent to an activating group) is 1. The van der Waals surface area contributed by atoms with E-state index in [4.69, 9.17) is 9.26 Å². The summed E-state index contributed by atoms with van der Waals surface area (Å²) in [6, 6.07) is 7.43. The Hall–Kier alpha value is -1.90. The molecule has 0 fully saturated rings. The molecule has 24 heavy (non-hydrogen) atoms. The number of aryl methyl sites for hydroxylation is 2. The summed E-state index contributed by atoms with van der Waals surface area (Å²) < 4.78 is 38.0. The monoisotopic (exact) mass is 353 g/mol. The van der Waals surface area contributed by atoms with Gasteiger partial charge in [0, 0.05) is 12.6 Å². The number of nitrogens with one attached hydrogen (secondary N) is 1. The van der Waals surface area contributed by atoms with E-state index in [0.29, 0.717) is 5.69 Å². The second-order valence-corrected chi connectivity index (χ2v) is 7.47. The largest absolute Gasteiger partial charge is 0.497 e. The van der Waals surface area contributed by atoms with Crippen LogP contribution >= 0.6 is 0 Å². The molecule has 1 N–H and O–H groups in total. The fourth-order valence-corrected chi connectivity index (χ4v) is 3.93. The summed E-state index contributed by atoms with van der Waals surface area (Å²) in [7, 11) is 1.70. The second-order valence-electron chi connectivity index (χ2n) is 5.76. The van der Waals surface area contributed by atoms with Crippen LogP contribution in [0.2, 0.25) is 0 Å². The van der Waals surface area contributed by atoms with E-state index >= 15 is 0 Å². The van der Waals surface area contributed by atoms with Crippen molar-refractivity contribution >= 4 is 10.0 Å². The maximum atomic E-state index is 12.6. The van der Waals surface area contributed by atoms with Crippen molar-refractivity contribution in [1.29, 1.82) is 0 Å². The third kappa shape index (κ3) is 3.95. The lowest BCUT2D eigenvalue weighted by Gasteiger charge is -2.25. The van der Waals surface area contributed by atoms with Gasteiger partial charge in [-0.3, -0.25) is 0 Å². The molecule has 0 saturated heterocycles. The molecule has 0 spiro atoms. The fourth-order valence-electron chi connectivity index (χ4n) is 2.57. The zero-order valence-electron chi connectivity index (χ0n) is 14.5. The van der Waals surface area contributed by atoms with Gasteiger partial charge in [-0.05, 0) is 45.6 Å². The molecule has 2 rings (SSSR count). The zero-order chi connectivity index (χ0) is 17.9. The molecule has 0 aliphatic carbocycles. The molecule has 0 aliphatic heterocycles. The first-order valence-corrected chi connectivity index (χ1v) is 8.97. The molecule has 8 heteroatoms. The molecule has 1 heterocycles. The van der Waals surface area contributed by atoms with Gasteiger partial charge in [0.2, 0.25) is 10.0 Å². The molecule has 1 unspecified atom stereocenters. The topological polar surface area (TPSA) is 84.7 Å². The van der Waals surface area contributed by atoms with E-state index in [0.717, 1.165) is 11.3 Å². The van der Waals surface area contributed by atoms with Crippen molar-refractivity contribution in [3.05, 3.63) is 41.3 Å². The molecule has 1 aromatic carbocycles. The Morgan fingerprint density at radius 3 is 2.58 bits per heavy atom. The first kappa shape index (κ1) is 18.4. The molecule has 2 aromatic rings. The summed E-state index contributed by atoms with van der Waals surface area (Å²) >= 11 is 0. The Bertz CT molecular complexity index is 780. The van der Waals surface area contributed by atoms with Crippen LogP contribution in [0.3, 0.4) is 0 Å². The minimum Gasteiger partial charge on any atom is -0.497 e. The maximum absolute atomic E-state index is 12.6. The van der Waals surface area contributed by atoms with Crippen molar-refractivity contribution in [3.63, 3.8) is 0 Å². The normalized spacial score (nSPS) is 13.2. The Morgan fingerprint density at radius 2 is 2.04 bits per heavy atom. The lowest BCUT2D eigenvalue weighted by molar-refractivity contribution is 0.298. The standard InChI is InChI=1S/C16H23N3O4S/c1-11-16(12(2)23-18-11)24(20,21)17-10-15(19(3)4)13-7-6-8-14(9-13)22-5/h6-9,15,17H,10H2,1-5H3. The molecular formula is C16H23N3O4S. The van der Waals surface area contributed by atoms with Gasteiger partial charge in [0.05, 0.1) is 7.11 Å². The number of aromatic nitrogens is 1. The summed E-state index contributed by atoms with van der Waals surface area (Å²) in [5.41, 5.74) is 1.31. The summed E-state index contributed by atoms with van der Waals surface area (Å²) in [6.45, 7) is 3.41. The lowest BCUT2D eigenvalue weighted by atomic mass is 10.1. The predicted octanol–water partition coefficient (Wildman–Crippen LogP) is 1.88. The van der Waals surface area contributed by atoms with Crippen LogP contribution in [0.1, 0.15) is 23.1 Å². The Morgan fingerprint density at radius 1 is 1.33 bits per heavy atom. The minimum atomic E-state index is -3.69. The number of benzene rings is 1. The Balaban J connectivity index is 2.23. The molecular weight excluding hydrogens is 330 g/mol. The van der Waals surface area contributed by atoms with Gasteiger partial charge in [-0.25, -0.2) is 13.1 Å².